The van der Waals surface area contributed by atoms with Crippen LogP contribution < -0.4 is 5.32 Å². The molecule has 0 saturated carbocycles. The minimum Gasteiger partial charge on any atom is -0.325 e. The number of benzene rings is 1. The molecule has 0 unspecified atom stereocenters. The lowest BCUT2D eigenvalue weighted by atomic mass is 10.1. The summed E-state index contributed by atoms with van der Waals surface area (Å²) in [5, 5.41) is 11.5. The molecule has 0 aliphatic heterocycles. The first kappa shape index (κ1) is 11.3. The molecule has 0 spiro atoms. The standard InChI is InChI=1S/C12H14N2O/c1-9(2)7-12(15)14-11-6-4-3-5-10(11)8-13/h3-6,9H,7H2,1-2H3,(H,14,15). The minimum atomic E-state index is -0.0484. The number of nitrogens with one attached hydrogen (secondary N) is 1. The van der Waals surface area contributed by atoms with E-state index in [1.165, 1.54) is 0 Å². The molecule has 0 saturated heterocycles. The van der Waals surface area contributed by atoms with Gasteiger partial charge in [0.2, 0.25) is 5.91 Å². The molecule has 1 rings (SSSR count). The number of carbonyl (C=O) groups is 1. The van der Waals surface area contributed by atoms with Gasteiger partial charge in [-0.3, -0.25) is 4.79 Å². The number of rotatable bonds is 3. The van der Waals surface area contributed by atoms with Gasteiger partial charge in [-0.15, -0.1) is 0 Å². The zero-order chi connectivity index (χ0) is 11.3. The van der Waals surface area contributed by atoms with E-state index >= 15 is 0 Å². The molecule has 0 radical (unpaired) electrons. The van der Waals surface area contributed by atoms with Crippen molar-refractivity contribution in [3.8, 4) is 6.07 Å². The van der Waals surface area contributed by atoms with Crippen LogP contribution in [0.25, 0.3) is 0 Å². The van der Waals surface area contributed by atoms with Crippen LogP contribution in [-0.4, -0.2) is 5.91 Å². The zero-order valence-electron chi connectivity index (χ0n) is 8.95. The maximum Gasteiger partial charge on any atom is 0.224 e. The van der Waals surface area contributed by atoms with Gasteiger partial charge in [-0.2, -0.15) is 5.26 Å². The average molecular weight is 202 g/mol. The third kappa shape index (κ3) is 3.43. The fourth-order valence-electron chi connectivity index (χ4n) is 1.26. The molecule has 78 valence electrons. The molecular weight excluding hydrogens is 188 g/mol. The van der Waals surface area contributed by atoms with Crippen molar-refractivity contribution in [2.45, 2.75) is 20.3 Å². The molecule has 0 aromatic heterocycles. The predicted octanol–water partition coefficient (Wildman–Crippen LogP) is 2.54. The van der Waals surface area contributed by atoms with Gasteiger partial charge < -0.3 is 5.32 Å². The molecule has 1 aromatic carbocycles. The van der Waals surface area contributed by atoms with Gasteiger partial charge in [-0.25, -0.2) is 0 Å². The van der Waals surface area contributed by atoms with Crippen molar-refractivity contribution >= 4 is 11.6 Å². The summed E-state index contributed by atoms with van der Waals surface area (Å²) in [4.78, 5) is 11.5. The van der Waals surface area contributed by atoms with Gasteiger partial charge in [-0.1, -0.05) is 26.0 Å². The Bertz CT molecular complexity index is 391. The van der Waals surface area contributed by atoms with Gasteiger partial charge in [0.15, 0.2) is 0 Å². The van der Waals surface area contributed by atoms with Crippen molar-refractivity contribution in [3.63, 3.8) is 0 Å². The number of para-hydroxylation sites is 1. The lowest BCUT2D eigenvalue weighted by Gasteiger charge is -2.07. The highest BCUT2D eigenvalue weighted by molar-refractivity contribution is 5.92. The first-order valence-electron chi connectivity index (χ1n) is 4.92. The van der Waals surface area contributed by atoms with Crippen LogP contribution in [0.15, 0.2) is 24.3 Å². The monoisotopic (exact) mass is 202 g/mol. The third-order valence-electron chi connectivity index (χ3n) is 1.92. The highest BCUT2D eigenvalue weighted by atomic mass is 16.1. The number of hydrogen-bond acceptors (Lipinski definition) is 2. The van der Waals surface area contributed by atoms with E-state index in [9.17, 15) is 4.79 Å². The Kier molecular flexibility index (Phi) is 3.87. The van der Waals surface area contributed by atoms with Crippen molar-refractivity contribution in [2.24, 2.45) is 5.92 Å². The summed E-state index contributed by atoms with van der Waals surface area (Å²) in [6, 6.07) is 9.03. The molecular formula is C12H14N2O. The molecule has 1 aromatic rings. The molecule has 0 aliphatic carbocycles. The SMILES string of the molecule is CC(C)CC(=O)Nc1ccccc1C#N. The molecule has 0 bridgehead atoms. The quantitative estimate of drug-likeness (QED) is 0.818. The van der Waals surface area contributed by atoms with Crippen LogP contribution in [-0.2, 0) is 4.79 Å². The Morgan fingerprint density at radius 1 is 1.47 bits per heavy atom. The Labute approximate surface area is 89.7 Å². The van der Waals surface area contributed by atoms with Crippen LogP contribution in [0.1, 0.15) is 25.8 Å². The first-order valence-corrected chi connectivity index (χ1v) is 4.92. The molecule has 0 atom stereocenters. The summed E-state index contributed by atoms with van der Waals surface area (Å²) < 4.78 is 0. The summed E-state index contributed by atoms with van der Waals surface area (Å²) in [5.74, 6) is 0.270. The van der Waals surface area contributed by atoms with E-state index in [4.69, 9.17) is 5.26 Å². The second-order valence-corrected chi connectivity index (χ2v) is 3.80. The molecule has 3 heteroatoms. The average Bonchev–Trinajstić information content (AvgIpc) is 2.17. The number of anilines is 1. The van der Waals surface area contributed by atoms with Crippen LogP contribution in [0.2, 0.25) is 0 Å². The van der Waals surface area contributed by atoms with E-state index < -0.39 is 0 Å². The van der Waals surface area contributed by atoms with E-state index in [0.29, 0.717) is 23.6 Å². The van der Waals surface area contributed by atoms with Crippen molar-refractivity contribution < 1.29 is 4.79 Å². The summed E-state index contributed by atoms with van der Waals surface area (Å²) in [6.45, 7) is 3.96. The molecule has 1 N–H and O–H groups in total. The van der Waals surface area contributed by atoms with Crippen LogP contribution in [0.3, 0.4) is 0 Å². The van der Waals surface area contributed by atoms with E-state index in [2.05, 4.69) is 5.32 Å². The fourth-order valence-corrected chi connectivity index (χ4v) is 1.26. The summed E-state index contributed by atoms with van der Waals surface area (Å²) in [7, 11) is 0. The maximum absolute atomic E-state index is 11.5. The van der Waals surface area contributed by atoms with Crippen molar-refractivity contribution in [2.75, 3.05) is 5.32 Å². The maximum atomic E-state index is 11.5. The molecule has 15 heavy (non-hydrogen) atoms. The van der Waals surface area contributed by atoms with E-state index in [0.717, 1.165) is 0 Å². The van der Waals surface area contributed by atoms with Crippen LogP contribution in [0.5, 0.6) is 0 Å². The van der Waals surface area contributed by atoms with Gasteiger partial charge in [0.05, 0.1) is 11.3 Å². The van der Waals surface area contributed by atoms with Crippen molar-refractivity contribution in [1.29, 1.82) is 5.26 Å². The lowest BCUT2D eigenvalue weighted by molar-refractivity contribution is -0.116. The van der Waals surface area contributed by atoms with Gasteiger partial charge >= 0.3 is 0 Å². The minimum absolute atomic E-state index is 0.0484. The van der Waals surface area contributed by atoms with Gasteiger partial charge in [0, 0.05) is 6.42 Å². The number of amides is 1. The molecule has 0 heterocycles. The van der Waals surface area contributed by atoms with Crippen molar-refractivity contribution in [1.82, 2.24) is 0 Å². The second-order valence-electron chi connectivity index (χ2n) is 3.80. The largest absolute Gasteiger partial charge is 0.325 e. The number of hydrogen-bond donors (Lipinski definition) is 1. The highest BCUT2D eigenvalue weighted by Crippen LogP contribution is 2.14. The van der Waals surface area contributed by atoms with Gasteiger partial charge in [0.1, 0.15) is 6.07 Å². The Morgan fingerprint density at radius 3 is 2.73 bits per heavy atom. The third-order valence-corrected chi connectivity index (χ3v) is 1.92. The van der Waals surface area contributed by atoms with Crippen molar-refractivity contribution in [3.05, 3.63) is 29.8 Å². The van der Waals surface area contributed by atoms with Gasteiger partial charge in [0.25, 0.3) is 0 Å². The second kappa shape index (κ2) is 5.16. The van der Waals surface area contributed by atoms with Crippen LogP contribution in [0.4, 0.5) is 5.69 Å². The Hall–Kier alpha value is -1.82. The molecule has 3 nitrogen and oxygen atoms in total. The van der Waals surface area contributed by atoms with Crippen LogP contribution >= 0.6 is 0 Å². The molecule has 0 fully saturated rings. The normalized spacial score (nSPS) is 9.73. The van der Waals surface area contributed by atoms with E-state index in [1.807, 2.05) is 19.9 Å². The topological polar surface area (TPSA) is 52.9 Å². The summed E-state index contributed by atoms with van der Waals surface area (Å²) in [5.41, 5.74) is 1.08. The Balaban J connectivity index is 2.73. The smallest absolute Gasteiger partial charge is 0.224 e. The zero-order valence-corrected chi connectivity index (χ0v) is 8.95. The fraction of sp³-hybridized carbons (Fsp3) is 0.333. The number of carbonyl (C=O) groups excluding carboxylic acids is 1. The summed E-state index contributed by atoms with van der Waals surface area (Å²) >= 11 is 0. The van der Waals surface area contributed by atoms with Gasteiger partial charge in [-0.05, 0) is 18.1 Å². The highest BCUT2D eigenvalue weighted by Gasteiger charge is 2.07. The summed E-state index contributed by atoms with van der Waals surface area (Å²) in [6.07, 6.45) is 0.472. The first-order chi connectivity index (χ1) is 7.13. The van der Waals surface area contributed by atoms with E-state index in [-0.39, 0.29) is 5.91 Å². The molecule has 0 aliphatic rings. The lowest BCUT2D eigenvalue weighted by Crippen LogP contribution is -2.14. The number of nitriles is 1. The predicted molar refractivity (Wildman–Crippen MR) is 59.2 cm³/mol. The number of nitrogens with zero attached hydrogens (tertiary/aromatic N) is 1. The Morgan fingerprint density at radius 2 is 2.13 bits per heavy atom. The molecule has 1 amide bonds. The van der Waals surface area contributed by atoms with Crippen LogP contribution in [0, 0.1) is 17.2 Å². The van der Waals surface area contributed by atoms with E-state index in [1.54, 1.807) is 24.3 Å².